The van der Waals surface area contributed by atoms with Crippen LogP contribution in [0.25, 0.3) is 28.2 Å². The minimum Gasteiger partial charge on any atom is -0.461 e. The molecule has 172 valence electrons. The number of aromatic nitrogens is 7. The summed E-state index contributed by atoms with van der Waals surface area (Å²) < 4.78 is 14.3. The summed E-state index contributed by atoms with van der Waals surface area (Å²) in [5.41, 5.74) is 3.63. The number of hydrogen-bond donors (Lipinski definition) is 1. The Morgan fingerprint density at radius 2 is 2.24 bits per heavy atom. The molecule has 0 radical (unpaired) electrons. The first kappa shape index (κ1) is 20.6. The number of nitrogens with zero attached hydrogens (tertiary/aromatic N) is 7. The number of esters is 1. The molecule has 0 saturated heterocycles. The number of aromatic amines is 1. The molecule has 0 bridgehead atoms. The van der Waals surface area contributed by atoms with Crippen LogP contribution in [0.1, 0.15) is 36.3 Å². The molecule has 34 heavy (non-hydrogen) atoms. The van der Waals surface area contributed by atoms with Gasteiger partial charge in [-0.05, 0) is 19.4 Å². The third-order valence-corrected chi connectivity index (χ3v) is 7.06. The molecule has 0 spiro atoms. The van der Waals surface area contributed by atoms with Crippen LogP contribution in [0.5, 0.6) is 0 Å². The number of rotatable bonds is 7. The molecule has 4 heterocycles. The molecule has 11 heteroatoms. The van der Waals surface area contributed by atoms with E-state index in [0.717, 1.165) is 17.5 Å². The number of fused-ring (bicyclic) bond motifs is 2. The van der Waals surface area contributed by atoms with E-state index in [1.807, 2.05) is 16.9 Å². The molecule has 4 aromatic rings. The van der Waals surface area contributed by atoms with Crippen molar-refractivity contribution in [3.8, 4) is 28.7 Å². The summed E-state index contributed by atoms with van der Waals surface area (Å²) in [7, 11) is 1.72. The van der Waals surface area contributed by atoms with Gasteiger partial charge in [-0.1, -0.05) is 0 Å². The second-order valence-corrected chi connectivity index (χ2v) is 8.75. The summed E-state index contributed by atoms with van der Waals surface area (Å²) in [6.45, 7) is 2.03. The minimum absolute atomic E-state index is 0.0432. The van der Waals surface area contributed by atoms with Crippen LogP contribution in [-0.4, -0.2) is 60.4 Å². The molecular weight excluding hydrogens is 436 g/mol. The van der Waals surface area contributed by atoms with Crippen LogP contribution in [0.2, 0.25) is 0 Å². The van der Waals surface area contributed by atoms with E-state index in [4.69, 9.17) is 14.5 Å². The van der Waals surface area contributed by atoms with Crippen molar-refractivity contribution in [2.45, 2.75) is 31.9 Å². The van der Waals surface area contributed by atoms with Gasteiger partial charge < -0.3 is 9.47 Å². The fourth-order valence-corrected chi connectivity index (χ4v) is 5.41. The van der Waals surface area contributed by atoms with Crippen LogP contribution in [-0.2, 0) is 9.47 Å². The number of carbonyl (C=O) groups is 1. The van der Waals surface area contributed by atoms with E-state index in [-0.39, 0.29) is 29.9 Å². The number of hydrogen-bond acceptors (Lipinski definition) is 8. The van der Waals surface area contributed by atoms with Crippen LogP contribution in [0, 0.1) is 22.7 Å². The zero-order chi connectivity index (χ0) is 23.4. The zero-order valence-corrected chi connectivity index (χ0v) is 18.7. The summed E-state index contributed by atoms with van der Waals surface area (Å²) >= 11 is 0. The average molecular weight is 458 g/mol. The van der Waals surface area contributed by atoms with Crippen molar-refractivity contribution in [1.82, 2.24) is 34.6 Å². The maximum absolute atomic E-state index is 12.0. The van der Waals surface area contributed by atoms with Crippen molar-refractivity contribution in [1.29, 1.82) is 5.26 Å². The predicted octanol–water partition coefficient (Wildman–Crippen LogP) is 2.65. The van der Waals surface area contributed by atoms with Gasteiger partial charge in [0.1, 0.15) is 17.1 Å². The molecule has 6 rings (SSSR count). The Kier molecular flexibility index (Phi) is 4.53. The topological polar surface area (TPSA) is 136 Å². The van der Waals surface area contributed by atoms with Gasteiger partial charge in [-0.2, -0.15) is 20.6 Å². The van der Waals surface area contributed by atoms with Gasteiger partial charge in [-0.25, -0.2) is 14.3 Å². The highest BCUT2D eigenvalue weighted by Crippen LogP contribution is 2.76. The lowest BCUT2D eigenvalue weighted by atomic mass is 9.80. The Bertz CT molecular complexity index is 1450. The summed E-state index contributed by atoms with van der Waals surface area (Å²) in [4.78, 5) is 16.9. The average Bonchev–Trinajstić information content (AvgIpc) is 3.44. The number of methoxy groups -OCH3 is 1. The van der Waals surface area contributed by atoms with Crippen LogP contribution in [0.3, 0.4) is 0 Å². The monoisotopic (exact) mass is 458 g/mol. The first-order valence-electron chi connectivity index (χ1n) is 11.1. The second kappa shape index (κ2) is 7.50. The highest BCUT2D eigenvalue weighted by Gasteiger charge is 2.77. The zero-order valence-electron chi connectivity index (χ0n) is 18.7. The molecular formula is C23H22N8O3. The van der Waals surface area contributed by atoms with Gasteiger partial charge in [-0.3, -0.25) is 9.78 Å². The number of nitriles is 1. The van der Waals surface area contributed by atoms with E-state index >= 15 is 0 Å². The highest BCUT2D eigenvalue weighted by atomic mass is 16.5. The molecule has 11 nitrogen and oxygen atoms in total. The quantitative estimate of drug-likeness (QED) is 0.418. The Morgan fingerprint density at radius 1 is 1.35 bits per heavy atom. The summed E-state index contributed by atoms with van der Waals surface area (Å²) in [6.07, 6.45) is 8.78. The smallest absolute Gasteiger partial charge is 0.356 e. The Morgan fingerprint density at radius 3 is 3.03 bits per heavy atom. The predicted molar refractivity (Wildman–Crippen MR) is 118 cm³/mol. The van der Waals surface area contributed by atoms with Gasteiger partial charge in [0.25, 0.3) is 0 Å². The third-order valence-electron chi connectivity index (χ3n) is 7.06. The molecule has 4 atom stereocenters. The number of nitrogens with one attached hydrogen (secondary N) is 1. The lowest BCUT2D eigenvalue weighted by Crippen LogP contribution is -2.32. The van der Waals surface area contributed by atoms with Gasteiger partial charge in [0, 0.05) is 42.7 Å². The van der Waals surface area contributed by atoms with E-state index in [0.29, 0.717) is 29.4 Å². The number of H-pyrrole nitrogens is 1. The minimum atomic E-state index is -0.470. The molecule has 2 unspecified atom stereocenters. The lowest BCUT2D eigenvalue weighted by molar-refractivity contribution is -0.00412. The molecule has 0 amide bonds. The summed E-state index contributed by atoms with van der Waals surface area (Å²) in [5, 5.41) is 25.3. The maximum Gasteiger partial charge on any atom is 0.356 e. The normalized spacial score (nSPS) is 24.9. The first-order valence-corrected chi connectivity index (χ1v) is 11.1. The van der Waals surface area contributed by atoms with Crippen molar-refractivity contribution < 1.29 is 14.3 Å². The van der Waals surface area contributed by atoms with Gasteiger partial charge in [0.05, 0.1) is 54.6 Å². The van der Waals surface area contributed by atoms with Gasteiger partial charge in [-0.15, -0.1) is 0 Å². The SMILES string of the molecule is CCOC(=O)c1cc(-c2cn3nccc3c(-c3cnn(C4C5[C@@H](OC)C[C@@]54CC#N)c3)n2)n[nH]1. The molecule has 2 aliphatic carbocycles. The second-order valence-electron chi connectivity index (χ2n) is 8.75. The van der Waals surface area contributed by atoms with E-state index < -0.39 is 5.97 Å². The fraction of sp³-hybridized carbons (Fsp3) is 0.391. The van der Waals surface area contributed by atoms with Crippen molar-refractivity contribution >= 4 is 11.5 Å². The summed E-state index contributed by atoms with van der Waals surface area (Å²) in [6, 6.07) is 5.98. The van der Waals surface area contributed by atoms with E-state index in [2.05, 4.69) is 26.5 Å². The van der Waals surface area contributed by atoms with Crippen LogP contribution in [0.4, 0.5) is 0 Å². The first-order chi connectivity index (χ1) is 16.6. The van der Waals surface area contributed by atoms with Gasteiger partial charge >= 0.3 is 5.97 Å². The summed E-state index contributed by atoms with van der Waals surface area (Å²) in [5.74, 6) is -0.160. The molecule has 4 aromatic heterocycles. The fourth-order valence-electron chi connectivity index (χ4n) is 5.41. The Balaban J connectivity index is 1.36. The highest BCUT2D eigenvalue weighted by molar-refractivity contribution is 5.88. The molecule has 0 aliphatic heterocycles. The van der Waals surface area contributed by atoms with Gasteiger partial charge in [0.2, 0.25) is 0 Å². The lowest BCUT2D eigenvalue weighted by Gasteiger charge is -2.30. The van der Waals surface area contributed by atoms with Crippen molar-refractivity contribution in [3.63, 3.8) is 0 Å². The third kappa shape index (κ3) is 2.88. The molecule has 2 saturated carbocycles. The van der Waals surface area contributed by atoms with Crippen molar-refractivity contribution in [2.75, 3.05) is 13.7 Å². The van der Waals surface area contributed by atoms with E-state index in [9.17, 15) is 10.1 Å². The largest absolute Gasteiger partial charge is 0.461 e. The van der Waals surface area contributed by atoms with E-state index in [1.54, 1.807) is 43.2 Å². The van der Waals surface area contributed by atoms with E-state index in [1.165, 1.54) is 0 Å². The molecule has 0 aromatic carbocycles. The van der Waals surface area contributed by atoms with Crippen molar-refractivity contribution in [3.05, 3.63) is 42.6 Å². The number of ether oxygens (including phenoxy) is 2. The molecule has 2 aliphatic rings. The number of carbonyl (C=O) groups excluding carboxylic acids is 1. The maximum atomic E-state index is 12.0. The molecule has 2 fully saturated rings. The van der Waals surface area contributed by atoms with Gasteiger partial charge in [0.15, 0.2) is 0 Å². The van der Waals surface area contributed by atoms with Crippen LogP contribution in [0.15, 0.2) is 36.9 Å². The molecule has 1 N–H and O–H groups in total. The van der Waals surface area contributed by atoms with Crippen LogP contribution < -0.4 is 0 Å². The van der Waals surface area contributed by atoms with Crippen molar-refractivity contribution in [2.24, 2.45) is 11.3 Å². The standard InChI is InChI=1S/C23H22N8O3/c1-3-34-22(32)15-8-14(28-29-15)16-12-30-17(4-7-25-30)20(27-16)13-10-26-31(11-13)21-19-18(33-2)9-23(19,21)5-6-24/h4,7-8,10-12,18-19,21H,3,5,9H2,1-2H3,(H,28,29)/t18-,19?,21?,23-/m0/s1. The Labute approximate surface area is 194 Å². The Hall–Kier alpha value is -4.04. The van der Waals surface area contributed by atoms with Crippen LogP contribution >= 0.6 is 0 Å².